The first-order valence-corrected chi connectivity index (χ1v) is 4.27. The van der Waals surface area contributed by atoms with Gasteiger partial charge in [0.05, 0.1) is 13.2 Å². The lowest BCUT2D eigenvalue weighted by atomic mass is 10.1. The van der Waals surface area contributed by atoms with E-state index in [0.29, 0.717) is 6.04 Å². The number of rotatable bonds is 3. The van der Waals surface area contributed by atoms with Crippen molar-refractivity contribution in [2.45, 2.75) is 31.8 Å². The second-order valence-corrected chi connectivity index (χ2v) is 3.16. The van der Waals surface area contributed by atoms with E-state index in [1.54, 1.807) is 0 Å². The van der Waals surface area contributed by atoms with E-state index in [1.165, 1.54) is 6.42 Å². The molecule has 1 aliphatic heterocycles. The Balaban J connectivity index is 2.13. The van der Waals surface area contributed by atoms with Gasteiger partial charge in [-0.2, -0.15) is 0 Å². The van der Waals surface area contributed by atoms with Crippen molar-refractivity contribution in [3.8, 4) is 0 Å². The fourth-order valence-electron chi connectivity index (χ4n) is 1.33. The zero-order chi connectivity index (χ0) is 8.10. The summed E-state index contributed by atoms with van der Waals surface area (Å²) in [5, 5.41) is 12.1. The van der Waals surface area contributed by atoms with E-state index < -0.39 is 0 Å². The van der Waals surface area contributed by atoms with Crippen molar-refractivity contribution in [2.75, 3.05) is 19.8 Å². The molecule has 1 unspecified atom stereocenters. The molecule has 1 saturated heterocycles. The molecule has 11 heavy (non-hydrogen) atoms. The highest BCUT2D eigenvalue weighted by Gasteiger charge is 2.14. The Hall–Kier alpha value is -0.120. The van der Waals surface area contributed by atoms with Crippen molar-refractivity contribution in [1.29, 1.82) is 0 Å². The third kappa shape index (κ3) is 3.18. The number of nitrogens with one attached hydrogen (secondary N) is 1. The van der Waals surface area contributed by atoms with Gasteiger partial charge in [0.15, 0.2) is 0 Å². The van der Waals surface area contributed by atoms with Gasteiger partial charge in [-0.05, 0) is 19.8 Å². The topological polar surface area (TPSA) is 41.5 Å². The Morgan fingerprint density at radius 3 is 3.09 bits per heavy atom. The van der Waals surface area contributed by atoms with Crippen LogP contribution in [0, 0.1) is 0 Å². The smallest absolute Gasteiger partial charge is 0.0619 e. The molecule has 3 nitrogen and oxygen atoms in total. The van der Waals surface area contributed by atoms with Crippen molar-refractivity contribution in [3.05, 3.63) is 0 Å². The van der Waals surface area contributed by atoms with Crippen LogP contribution in [-0.2, 0) is 4.74 Å². The van der Waals surface area contributed by atoms with Gasteiger partial charge in [-0.3, -0.25) is 0 Å². The summed E-state index contributed by atoms with van der Waals surface area (Å²) in [7, 11) is 0. The van der Waals surface area contributed by atoms with E-state index in [9.17, 15) is 0 Å². The molecule has 0 amide bonds. The summed E-state index contributed by atoms with van der Waals surface area (Å²) in [6.07, 6.45) is 2.31. The Kier molecular flexibility index (Phi) is 3.83. The molecule has 2 atom stereocenters. The fraction of sp³-hybridized carbons (Fsp3) is 1.00. The molecule has 1 aliphatic rings. The molecule has 1 rings (SSSR count). The molecule has 0 aromatic carbocycles. The highest BCUT2D eigenvalue weighted by Crippen LogP contribution is 2.06. The van der Waals surface area contributed by atoms with Gasteiger partial charge in [0, 0.05) is 18.7 Å². The highest BCUT2D eigenvalue weighted by atomic mass is 16.5. The SMILES string of the molecule is C[C@H](CO)NC1CCCOC1. The molecule has 66 valence electrons. The quantitative estimate of drug-likeness (QED) is 0.615. The molecule has 0 saturated carbocycles. The Labute approximate surface area is 67.7 Å². The van der Waals surface area contributed by atoms with Crippen LogP contribution in [0.15, 0.2) is 0 Å². The Bertz CT molecular complexity index is 102. The van der Waals surface area contributed by atoms with Crippen LogP contribution in [0.2, 0.25) is 0 Å². The monoisotopic (exact) mass is 159 g/mol. The molecule has 0 bridgehead atoms. The minimum absolute atomic E-state index is 0.196. The molecule has 0 spiro atoms. The Morgan fingerprint density at radius 2 is 2.55 bits per heavy atom. The third-order valence-electron chi connectivity index (χ3n) is 1.95. The van der Waals surface area contributed by atoms with E-state index in [4.69, 9.17) is 9.84 Å². The molecule has 0 aromatic heterocycles. The van der Waals surface area contributed by atoms with E-state index in [0.717, 1.165) is 19.6 Å². The lowest BCUT2D eigenvalue weighted by Crippen LogP contribution is -2.43. The fourth-order valence-corrected chi connectivity index (χ4v) is 1.33. The zero-order valence-corrected chi connectivity index (χ0v) is 7.05. The van der Waals surface area contributed by atoms with Crippen LogP contribution in [0.25, 0.3) is 0 Å². The van der Waals surface area contributed by atoms with Gasteiger partial charge in [0.2, 0.25) is 0 Å². The molecule has 2 N–H and O–H groups in total. The second-order valence-electron chi connectivity index (χ2n) is 3.16. The molecular formula is C8H17NO2. The number of hydrogen-bond donors (Lipinski definition) is 2. The first kappa shape index (κ1) is 8.97. The first-order valence-electron chi connectivity index (χ1n) is 4.27. The van der Waals surface area contributed by atoms with Crippen molar-refractivity contribution in [3.63, 3.8) is 0 Å². The van der Waals surface area contributed by atoms with Gasteiger partial charge in [-0.25, -0.2) is 0 Å². The lowest BCUT2D eigenvalue weighted by molar-refractivity contribution is 0.0636. The molecule has 0 radical (unpaired) electrons. The molecule has 1 heterocycles. The Morgan fingerprint density at radius 1 is 1.73 bits per heavy atom. The average Bonchev–Trinajstić information content (AvgIpc) is 2.06. The van der Waals surface area contributed by atoms with Gasteiger partial charge < -0.3 is 15.2 Å². The summed E-state index contributed by atoms with van der Waals surface area (Å²) >= 11 is 0. The largest absolute Gasteiger partial charge is 0.395 e. The van der Waals surface area contributed by atoms with E-state index in [1.807, 2.05) is 6.92 Å². The van der Waals surface area contributed by atoms with Crippen molar-refractivity contribution >= 4 is 0 Å². The van der Waals surface area contributed by atoms with Crippen molar-refractivity contribution < 1.29 is 9.84 Å². The minimum Gasteiger partial charge on any atom is -0.395 e. The van der Waals surface area contributed by atoms with E-state index >= 15 is 0 Å². The summed E-state index contributed by atoms with van der Waals surface area (Å²) in [6.45, 7) is 3.88. The maximum atomic E-state index is 8.76. The van der Waals surface area contributed by atoms with Gasteiger partial charge in [0.25, 0.3) is 0 Å². The molecule has 0 aliphatic carbocycles. The lowest BCUT2D eigenvalue weighted by Gasteiger charge is -2.25. The summed E-state index contributed by atoms with van der Waals surface area (Å²) < 4.78 is 5.28. The van der Waals surface area contributed by atoms with Crippen LogP contribution in [0.4, 0.5) is 0 Å². The van der Waals surface area contributed by atoms with Gasteiger partial charge in [-0.15, -0.1) is 0 Å². The number of aliphatic hydroxyl groups is 1. The van der Waals surface area contributed by atoms with E-state index in [2.05, 4.69) is 5.32 Å². The number of hydrogen-bond acceptors (Lipinski definition) is 3. The van der Waals surface area contributed by atoms with Crippen molar-refractivity contribution in [2.24, 2.45) is 0 Å². The minimum atomic E-state index is 0.196. The zero-order valence-electron chi connectivity index (χ0n) is 7.05. The summed E-state index contributed by atoms with van der Waals surface area (Å²) in [5.74, 6) is 0. The van der Waals surface area contributed by atoms with Crippen LogP contribution in [-0.4, -0.2) is 37.0 Å². The van der Waals surface area contributed by atoms with E-state index in [-0.39, 0.29) is 12.6 Å². The molecule has 1 fully saturated rings. The molecule has 3 heteroatoms. The van der Waals surface area contributed by atoms with Crippen LogP contribution in [0.3, 0.4) is 0 Å². The predicted molar refractivity (Wildman–Crippen MR) is 43.5 cm³/mol. The van der Waals surface area contributed by atoms with Gasteiger partial charge in [0.1, 0.15) is 0 Å². The standard InChI is InChI=1S/C8H17NO2/c1-7(5-10)9-8-3-2-4-11-6-8/h7-10H,2-6H2,1H3/t7-,8?/m1/s1. The van der Waals surface area contributed by atoms with Gasteiger partial charge >= 0.3 is 0 Å². The summed E-state index contributed by atoms with van der Waals surface area (Å²) in [6, 6.07) is 0.646. The molecule has 0 aromatic rings. The average molecular weight is 159 g/mol. The predicted octanol–water partition coefficient (Wildman–Crippen LogP) is 0.136. The second kappa shape index (κ2) is 4.70. The summed E-state index contributed by atoms with van der Waals surface area (Å²) in [4.78, 5) is 0. The highest BCUT2D eigenvalue weighted by molar-refractivity contribution is 4.73. The van der Waals surface area contributed by atoms with Gasteiger partial charge in [-0.1, -0.05) is 0 Å². The van der Waals surface area contributed by atoms with Crippen LogP contribution >= 0.6 is 0 Å². The van der Waals surface area contributed by atoms with Crippen LogP contribution in [0.5, 0.6) is 0 Å². The normalized spacial score (nSPS) is 28.4. The molecular weight excluding hydrogens is 142 g/mol. The number of aliphatic hydroxyl groups excluding tert-OH is 1. The maximum Gasteiger partial charge on any atom is 0.0619 e. The third-order valence-corrected chi connectivity index (χ3v) is 1.95. The van der Waals surface area contributed by atoms with Crippen LogP contribution in [0.1, 0.15) is 19.8 Å². The summed E-state index contributed by atoms with van der Waals surface area (Å²) in [5.41, 5.74) is 0. The van der Waals surface area contributed by atoms with Crippen molar-refractivity contribution in [1.82, 2.24) is 5.32 Å². The number of ether oxygens (including phenoxy) is 1. The maximum absolute atomic E-state index is 8.76. The first-order chi connectivity index (χ1) is 5.33. The van der Waals surface area contributed by atoms with Crippen LogP contribution < -0.4 is 5.32 Å².